The van der Waals surface area contributed by atoms with Crippen molar-refractivity contribution in [2.45, 2.75) is 39.5 Å². The van der Waals surface area contributed by atoms with E-state index in [-0.39, 0.29) is 5.41 Å². The fraction of sp³-hybridized carbons (Fsp3) is 0.409. The molecule has 0 heterocycles. The number of rotatable bonds is 10. The third kappa shape index (κ3) is 5.86. The molecule has 0 radical (unpaired) electrons. The van der Waals surface area contributed by atoms with Gasteiger partial charge in [-0.1, -0.05) is 45.1 Å². The minimum absolute atomic E-state index is 0.176. The molecule has 2 rings (SSSR count). The molecule has 0 aliphatic rings. The van der Waals surface area contributed by atoms with E-state index in [0.717, 1.165) is 17.7 Å². The first kappa shape index (κ1) is 21.0. The van der Waals surface area contributed by atoms with E-state index in [9.17, 15) is 0 Å². The Kier molecular flexibility index (Phi) is 7.48. The maximum Gasteiger partial charge on any atom is 0.161 e. The molecule has 0 aromatic heterocycles. The molecule has 0 aliphatic heterocycles. The van der Waals surface area contributed by atoms with E-state index in [0.29, 0.717) is 36.3 Å². The van der Waals surface area contributed by atoms with Gasteiger partial charge in [-0.3, -0.25) is 0 Å². The Balaban J connectivity index is 1.90. The molecule has 0 unspecified atom stereocenters. The number of thiocarbonyl (C=S) groups is 1. The van der Waals surface area contributed by atoms with Gasteiger partial charge in [-0.15, -0.1) is 0 Å². The van der Waals surface area contributed by atoms with E-state index >= 15 is 0 Å². The van der Waals surface area contributed by atoms with E-state index in [1.807, 2.05) is 31.2 Å². The fourth-order valence-corrected chi connectivity index (χ4v) is 2.69. The van der Waals surface area contributed by atoms with E-state index < -0.39 is 0 Å². The Morgan fingerprint density at radius 3 is 2.19 bits per heavy atom. The summed E-state index contributed by atoms with van der Waals surface area (Å²) in [6, 6.07) is 13.7. The summed E-state index contributed by atoms with van der Waals surface area (Å²) < 4.78 is 17.2. The van der Waals surface area contributed by atoms with Crippen LogP contribution in [0.15, 0.2) is 42.5 Å². The van der Waals surface area contributed by atoms with E-state index in [1.165, 1.54) is 5.56 Å². The summed E-state index contributed by atoms with van der Waals surface area (Å²) in [6.45, 7) is 10.0. The van der Waals surface area contributed by atoms with Crippen molar-refractivity contribution in [3.63, 3.8) is 0 Å². The zero-order valence-corrected chi connectivity index (χ0v) is 17.4. The lowest BCUT2D eigenvalue weighted by Gasteiger charge is -2.23. The maximum atomic E-state index is 5.81. The van der Waals surface area contributed by atoms with Crippen LogP contribution < -0.4 is 19.9 Å². The molecule has 0 bridgehead atoms. The van der Waals surface area contributed by atoms with Crippen LogP contribution in [0.5, 0.6) is 17.2 Å². The lowest BCUT2D eigenvalue weighted by atomic mass is 9.82. The van der Waals surface area contributed by atoms with Crippen LogP contribution in [0.2, 0.25) is 0 Å². The van der Waals surface area contributed by atoms with Crippen LogP contribution in [0.4, 0.5) is 0 Å². The maximum absolute atomic E-state index is 5.81. The van der Waals surface area contributed by atoms with Crippen molar-refractivity contribution in [1.29, 1.82) is 0 Å². The van der Waals surface area contributed by atoms with Crippen molar-refractivity contribution >= 4 is 17.2 Å². The van der Waals surface area contributed by atoms with Crippen LogP contribution >= 0.6 is 12.2 Å². The summed E-state index contributed by atoms with van der Waals surface area (Å²) in [6.07, 6.45) is 1.09. The van der Waals surface area contributed by atoms with Gasteiger partial charge in [-0.2, -0.15) is 0 Å². The summed E-state index contributed by atoms with van der Waals surface area (Å²) in [7, 11) is 0. The molecule has 2 aromatic carbocycles. The van der Waals surface area contributed by atoms with Gasteiger partial charge in [-0.25, -0.2) is 0 Å². The highest BCUT2D eigenvalue weighted by Crippen LogP contribution is 2.29. The highest BCUT2D eigenvalue weighted by Gasteiger charge is 2.17. The lowest BCUT2D eigenvalue weighted by molar-refractivity contribution is 0.208. The first-order valence-corrected chi connectivity index (χ1v) is 9.71. The van der Waals surface area contributed by atoms with E-state index in [2.05, 4.69) is 32.9 Å². The summed E-state index contributed by atoms with van der Waals surface area (Å²) in [4.78, 5) is 0.334. The van der Waals surface area contributed by atoms with Gasteiger partial charge in [-0.05, 0) is 54.7 Å². The van der Waals surface area contributed by atoms with Gasteiger partial charge in [0.2, 0.25) is 0 Å². The lowest BCUT2D eigenvalue weighted by Crippen LogP contribution is -2.15. The average molecular weight is 388 g/mol. The summed E-state index contributed by atoms with van der Waals surface area (Å²) in [5, 5.41) is 0. The average Bonchev–Trinajstić information content (AvgIpc) is 2.66. The highest BCUT2D eigenvalue weighted by molar-refractivity contribution is 7.80. The molecule has 0 atom stereocenters. The highest BCUT2D eigenvalue weighted by atomic mass is 32.1. The summed E-state index contributed by atoms with van der Waals surface area (Å²) in [5.41, 5.74) is 7.92. The number of nitrogens with two attached hydrogens (primary N) is 1. The van der Waals surface area contributed by atoms with Crippen LogP contribution in [0.25, 0.3) is 0 Å². The predicted molar refractivity (Wildman–Crippen MR) is 114 cm³/mol. The van der Waals surface area contributed by atoms with Crippen molar-refractivity contribution in [2.24, 2.45) is 5.73 Å². The number of benzene rings is 2. The fourth-order valence-electron chi connectivity index (χ4n) is 2.57. The second-order valence-corrected chi connectivity index (χ2v) is 7.36. The Morgan fingerprint density at radius 2 is 1.59 bits per heavy atom. The van der Waals surface area contributed by atoms with Crippen molar-refractivity contribution in [2.75, 3.05) is 19.8 Å². The molecule has 27 heavy (non-hydrogen) atoms. The van der Waals surface area contributed by atoms with Gasteiger partial charge < -0.3 is 19.9 Å². The van der Waals surface area contributed by atoms with Gasteiger partial charge in [0, 0.05) is 5.56 Å². The molecular formula is C22H29NO3S. The molecule has 146 valence electrons. The van der Waals surface area contributed by atoms with Gasteiger partial charge in [0.15, 0.2) is 11.5 Å². The number of hydrogen-bond acceptors (Lipinski definition) is 4. The quantitative estimate of drug-likeness (QED) is 0.466. The topological polar surface area (TPSA) is 53.7 Å². The normalized spacial score (nSPS) is 11.1. The smallest absolute Gasteiger partial charge is 0.161 e. The Bertz CT molecular complexity index is 757. The van der Waals surface area contributed by atoms with Crippen LogP contribution in [0, 0.1) is 0 Å². The molecule has 0 fully saturated rings. The first-order valence-electron chi connectivity index (χ1n) is 9.30. The minimum Gasteiger partial charge on any atom is -0.490 e. The van der Waals surface area contributed by atoms with Crippen molar-refractivity contribution in [3.05, 3.63) is 53.6 Å². The third-order valence-corrected chi connectivity index (χ3v) is 4.89. The molecule has 5 heteroatoms. The largest absolute Gasteiger partial charge is 0.490 e. The molecule has 0 aliphatic carbocycles. The van der Waals surface area contributed by atoms with Crippen LogP contribution in [-0.4, -0.2) is 24.8 Å². The molecule has 4 nitrogen and oxygen atoms in total. The predicted octanol–water partition coefficient (Wildman–Crippen LogP) is 4.86. The molecule has 0 spiro atoms. The SMILES string of the molecule is CCOc1cc(C(N)=S)ccc1OCCOc1ccc(C(C)(C)CC)cc1. The van der Waals surface area contributed by atoms with Gasteiger partial charge in [0.05, 0.1) is 6.61 Å². The van der Waals surface area contributed by atoms with Crippen LogP contribution in [-0.2, 0) is 5.41 Å². The molecule has 2 N–H and O–H groups in total. The summed E-state index contributed by atoms with van der Waals surface area (Å²) >= 11 is 5.01. The summed E-state index contributed by atoms with van der Waals surface area (Å²) in [5.74, 6) is 2.12. The minimum atomic E-state index is 0.176. The molecule has 2 aromatic rings. The molecule has 0 saturated heterocycles. The molecule has 0 amide bonds. The number of ether oxygens (including phenoxy) is 3. The first-order chi connectivity index (χ1) is 12.9. The van der Waals surface area contributed by atoms with E-state index in [1.54, 1.807) is 6.07 Å². The van der Waals surface area contributed by atoms with Crippen molar-refractivity contribution in [1.82, 2.24) is 0 Å². The number of hydrogen-bond donors (Lipinski definition) is 1. The van der Waals surface area contributed by atoms with Crippen molar-refractivity contribution < 1.29 is 14.2 Å². The van der Waals surface area contributed by atoms with Gasteiger partial charge in [0.1, 0.15) is 24.0 Å². The van der Waals surface area contributed by atoms with E-state index in [4.69, 9.17) is 32.2 Å². The zero-order valence-electron chi connectivity index (χ0n) is 16.6. The third-order valence-electron chi connectivity index (χ3n) is 4.66. The Morgan fingerprint density at radius 1 is 0.926 bits per heavy atom. The van der Waals surface area contributed by atoms with Crippen LogP contribution in [0.1, 0.15) is 45.2 Å². The second-order valence-electron chi connectivity index (χ2n) is 6.92. The second kappa shape index (κ2) is 9.60. The molecular weight excluding hydrogens is 358 g/mol. The Labute approximate surface area is 167 Å². The standard InChI is InChI=1S/C22H29NO3S/c1-5-22(3,4)17-8-10-18(11-9-17)25-13-14-26-19-12-7-16(21(23)27)15-20(19)24-6-2/h7-12,15H,5-6,13-14H2,1-4H3,(H2,23,27). The zero-order chi connectivity index (χ0) is 19.9. The molecule has 0 saturated carbocycles. The van der Waals surface area contributed by atoms with Crippen molar-refractivity contribution in [3.8, 4) is 17.2 Å². The Hall–Kier alpha value is -2.27. The van der Waals surface area contributed by atoms with Gasteiger partial charge in [0.25, 0.3) is 0 Å². The van der Waals surface area contributed by atoms with Gasteiger partial charge >= 0.3 is 0 Å². The van der Waals surface area contributed by atoms with Crippen LogP contribution in [0.3, 0.4) is 0 Å². The monoisotopic (exact) mass is 387 g/mol.